The van der Waals surface area contributed by atoms with Gasteiger partial charge in [-0.3, -0.25) is 9.10 Å². The van der Waals surface area contributed by atoms with E-state index in [0.29, 0.717) is 30.6 Å². The molecule has 29 heavy (non-hydrogen) atoms. The average Bonchev–Trinajstić information content (AvgIpc) is 3.02. The molecule has 154 valence electrons. The van der Waals surface area contributed by atoms with Crippen LogP contribution in [0, 0.1) is 0 Å². The van der Waals surface area contributed by atoms with E-state index in [4.69, 9.17) is 4.74 Å². The molecule has 0 aromatic heterocycles. The monoisotopic (exact) mass is 416 g/mol. The van der Waals surface area contributed by atoms with Gasteiger partial charge in [-0.25, -0.2) is 13.2 Å². The maximum Gasteiger partial charge on any atom is 0.338 e. The highest BCUT2D eigenvalue weighted by molar-refractivity contribution is 7.92. The lowest BCUT2D eigenvalue weighted by atomic mass is 10.1. The zero-order valence-electron chi connectivity index (χ0n) is 16.4. The number of sulfonamides is 1. The molecule has 8 heteroatoms. The first-order valence-electron chi connectivity index (χ1n) is 9.36. The molecule has 0 aliphatic carbocycles. The van der Waals surface area contributed by atoms with Crippen molar-refractivity contribution in [2.45, 2.75) is 25.8 Å². The van der Waals surface area contributed by atoms with Gasteiger partial charge in [-0.05, 0) is 49.1 Å². The van der Waals surface area contributed by atoms with E-state index in [1.807, 2.05) is 37.3 Å². The first-order chi connectivity index (χ1) is 13.8. The summed E-state index contributed by atoms with van der Waals surface area (Å²) in [4.78, 5) is 24.2. The van der Waals surface area contributed by atoms with Crippen molar-refractivity contribution in [3.8, 4) is 0 Å². The lowest BCUT2D eigenvalue weighted by Crippen LogP contribution is -2.34. The summed E-state index contributed by atoms with van der Waals surface area (Å²) in [6.07, 6.45) is 2.38. The third-order valence-electron chi connectivity index (χ3n) is 4.74. The average molecular weight is 416 g/mol. The van der Waals surface area contributed by atoms with E-state index < -0.39 is 16.0 Å². The Morgan fingerprint density at radius 2 is 1.90 bits per heavy atom. The van der Waals surface area contributed by atoms with Crippen LogP contribution in [0.5, 0.6) is 0 Å². The van der Waals surface area contributed by atoms with Gasteiger partial charge in [0.25, 0.3) is 5.91 Å². The number of carbonyl (C=O) groups excluding carboxylic acids is 2. The molecule has 0 saturated carbocycles. The molecule has 0 spiro atoms. The molecular weight excluding hydrogens is 392 g/mol. The predicted molar refractivity (Wildman–Crippen MR) is 110 cm³/mol. The zero-order chi connectivity index (χ0) is 21.0. The summed E-state index contributed by atoms with van der Waals surface area (Å²) in [7, 11) is -3.38. The van der Waals surface area contributed by atoms with Crippen LogP contribution in [0.25, 0.3) is 0 Å². The third kappa shape index (κ3) is 5.14. The summed E-state index contributed by atoms with van der Waals surface area (Å²) >= 11 is 0. The Morgan fingerprint density at radius 1 is 1.17 bits per heavy atom. The minimum absolute atomic E-state index is 0.207. The molecule has 1 heterocycles. The highest BCUT2D eigenvalue weighted by atomic mass is 32.2. The Labute approximate surface area is 170 Å². The number of benzene rings is 2. The molecule has 7 nitrogen and oxygen atoms in total. The molecule has 2 aromatic carbocycles. The van der Waals surface area contributed by atoms with Gasteiger partial charge in [0.1, 0.15) is 0 Å². The summed E-state index contributed by atoms with van der Waals surface area (Å²) in [5, 5.41) is 2.72. The van der Waals surface area contributed by atoms with Gasteiger partial charge in [0.15, 0.2) is 6.61 Å². The minimum atomic E-state index is -3.38. The van der Waals surface area contributed by atoms with Crippen LogP contribution in [0.15, 0.2) is 48.5 Å². The number of hydrogen-bond donors (Lipinski definition) is 1. The van der Waals surface area contributed by atoms with Crippen molar-refractivity contribution in [2.24, 2.45) is 0 Å². The Morgan fingerprint density at radius 3 is 2.59 bits per heavy atom. The van der Waals surface area contributed by atoms with Gasteiger partial charge in [-0.1, -0.05) is 30.3 Å². The van der Waals surface area contributed by atoms with Gasteiger partial charge in [-0.2, -0.15) is 0 Å². The molecular formula is C21H24N2O5S. The van der Waals surface area contributed by atoms with Crippen LogP contribution in [0.2, 0.25) is 0 Å². The second-order valence-corrected chi connectivity index (χ2v) is 8.98. The molecule has 0 saturated heterocycles. The molecule has 1 aliphatic rings. The summed E-state index contributed by atoms with van der Waals surface area (Å²) in [5.41, 5.74) is 2.75. The Hall–Kier alpha value is -2.87. The van der Waals surface area contributed by atoms with Crippen LogP contribution in [-0.2, 0) is 32.4 Å². The molecule has 0 bridgehead atoms. The molecule has 1 amide bonds. The minimum Gasteiger partial charge on any atom is -0.452 e. The fourth-order valence-corrected chi connectivity index (χ4v) is 4.76. The first-order valence-corrected chi connectivity index (χ1v) is 11.2. The van der Waals surface area contributed by atoms with Crippen LogP contribution in [0.4, 0.5) is 5.69 Å². The highest BCUT2D eigenvalue weighted by Crippen LogP contribution is 2.34. The van der Waals surface area contributed by atoms with Gasteiger partial charge >= 0.3 is 5.97 Å². The van der Waals surface area contributed by atoms with Crippen LogP contribution in [-0.4, -0.2) is 45.7 Å². The van der Waals surface area contributed by atoms with Crippen LogP contribution >= 0.6 is 0 Å². The van der Waals surface area contributed by atoms with Crippen molar-refractivity contribution in [3.05, 3.63) is 65.2 Å². The third-order valence-corrected chi connectivity index (χ3v) is 6.01. The number of nitrogens with zero attached hydrogens (tertiary/aromatic N) is 1. The molecule has 1 unspecified atom stereocenters. The van der Waals surface area contributed by atoms with E-state index in [0.717, 1.165) is 17.4 Å². The number of esters is 1. The number of anilines is 1. The number of fused-ring (bicyclic) bond motifs is 1. The molecule has 2 aromatic rings. The number of amides is 1. The van der Waals surface area contributed by atoms with Crippen molar-refractivity contribution in [1.82, 2.24) is 5.32 Å². The van der Waals surface area contributed by atoms with Crippen molar-refractivity contribution in [2.75, 3.05) is 23.7 Å². The summed E-state index contributed by atoms with van der Waals surface area (Å²) in [6.45, 7) is 1.91. The molecule has 3 rings (SSSR count). The van der Waals surface area contributed by atoms with Gasteiger partial charge in [0, 0.05) is 12.6 Å². The van der Waals surface area contributed by atoms with Crippen LogP contribution < -0.4 is 9.62 Å². The second kappa shape index (κ2) is 8.65. The number of hydrogen-bond acceptors (Lipinski definition) is 5. The Kier molecular flexibility index (Phi) is 6.22. The normalized spacial score (nSPS) is 15.7. The van der Waals surface area contributed by atoms with Crippen molar-refractivity contribution >= 4 is 27.6 Å². The van der Waals surface area contributed by atoms with Crippen molar-refractivity contribution in [3.63, 3.8) is 0 Å². The highest BCUT2D eigenvalue weighted by Gasteiger charge is 2.32. The quantitative estimate of drug-likeness (QED) is 0.696. The largest absolute Gasteiger partial charge is 0.452 e. The molecule has 1 atom stereocenters. The zero-order valence-corrected chi connectivity index (χ0v) is 17.2. The topological polar surface area (TPSA) is 92.8 Å². The van der Waals surface area contributed by atoms with Gasteiger partial charge < -0.3 is 10.1 Å². The second-order valence-electron chi connectivity index (χ2n) is 7.12. The van der Waals surface area contributed by atoms with Crippen molar-refractivity contribution < 1.29 is 22.7 Å². The number of carbonyl (C=O) groups is 2. The molecule has 1 aliphatic heterocycles. The Bertz CT molecular complexity index is 1000. The lowest BCUT2D eigenvalue weighted by Gasteiger charge is -2.21. The molecule has 1 N–H and O–H groups in total. The van der Waals surface area contributed by atoms with E-state index in [-0.39, 0.29) is 18.6 Å². The van der Waals surface area contributed by atoms with E-state index in [2.05, 4.69) is 5.32 Å². The molecule has 0 radical (unpaired) electrons. The predicted octanol–water partition coefficient (Wildman–Crippen LogP) is 1.91. The molecule has 0 fully saturated rings. The summed E-state index contributed by atoms with van der Waals surface area (Å²) in [5.74, 6) is -0.983. The number of nitrogens with one attached hydrogen (secondary N) is 1. The maximum atomic E-state index is 12.3. The number of ether oxygens (including phenoxy) is 1. The summed E-state index contributed by atoms with van der Waals surface area (Å²) in [6, 6.07) is 14.3. The summed E-state index contributed by atoms with van der Waals surface area (Å²) < 4.78 is 30.4. The fraction of sp³-hybridized carbons (Fsp3) is 0.333. The number of rotatable bonds is 7. The lowest BCUT2D eigenvalue weighted by molar-refractivity contribution is -0.124. The van der Waals surface area contributed by atoms with Crippen LogP contribution in [0.3, 0.4) is 0 Å². The van der Waals surface area contributed by atoms with Crippen molar-refractivity contribution in [1.29, 1.82) is 0 Å². The smallest absolute Gasteiger partial charge is 0.338 e. The fourth-order valence-electron chi connectivity index (χ4n) is 3.49. The standard InChI is InChI=1S/C21H24N2O5S/c1-15-12-18-13-17(8-9-19(18)23(15)29(2,26)27)21(25)28-14-20(24)22-11-10-16-6-4-3-5-7-16/h3-9,13,15H,10-12,14H2,1-2H3,(H,22,24). The first kappa shape index (κ1) is 20.9. The van der Waals surface area contributed by atoms with Gasteiger partial charge in [-0.15, -0.1) is 0 Å². The van der Waals surface area contributed by atoms with E-state index in [9.17, 15) is 18.0 Å². The van der Waals surface area contributed by atoms with E-state index >= 15 is 0 Å². The maximum absolute atomic E-state index is 12.3. The van der Waals surface area contributed by atoms with E-state index in [1.165, 1.54) is 10.4 Å². The van der Waals surface area contributed by atoms with Gasteiger partial charge in [0.2, 0.25) is 10.0 Å². The Balaban J connectivity index is 1.52. The van der Waals surface area contributed by atoms with Crippen LogP contribution in [0.1, 0.15) is 28.4 Å². The SMILES string of the molecule is CC1Cc2cc(C(=O)OCC(=O)NCCc3ccccc3)ccc2N1S(C)(=O)=O. The van der Waals surface area contributed by atoms with E-state index in [1.54, 1.807) is 12.1 Å². The van der Waals surface area contributed by atoms with Gasteiger partial charge in [0.05, 0.1) is 17.5 Å².